The molecular weight excluding hydrogens is 558 g/mol. The molecule has 0 unspecified atom stereocenters. The number of fused-ring (bicyclic) bond motifs is 1. The van der Waals surface area contributed by atoms with E-state index in [-0.39, 0.29) is 11.0 Å². The Hall–Kier alpha value is -2.13. The third kappa shape index (κ3) is 4.87. The van der Waals surface area contributed by atoms with Crippen molar-refractivity contribution in [3.8, 4) is 10.6 Å². The molecule has 4 rings (SSSR count). The molecule has 156 valence electrons. The monoisotopic (exact) mass is 573 g/mol. The molecule has 0 fully saturated rings. The Balaban J connectivity index is 1.62. The van der Waals surface area contributed by atoms with Gasteiger partial charge in [-0.2, -0.15) is 0 Å². The van der Waals surface area contributed by atoms with Gasteiger partial charge >= 0.3 is 0 Å². The van der Waals surface area contributed by atoms with Crippen molar-refractivity contribution in [3.63, 3.8) is 0 Å². The standard InChI is InChI=1S/C23H17Br2N3OS2/c1-12-7-8-14(9-13(12)2)21(29)28-23(30)27-20-16(10-15(24)11-17(20)25)22-26-18-5-3-4-6-19(18)31-22/h3-11H,1-2H3,(H2,27,28,29,30). The zero-order valence-electron chi connectivity index (χ0n) is 16.6. The fourth-order valence-electron chi connectivity index (χ4n) is 3.06. The van der Waals surface area contributed by atoms with Crippen LogP contribution in [-0.4, -0.2) is 16.0 Å². The van der Waals surface area contributed by atoms with Crippen molar-refractivity contribution >= 4 is 82.3 Å². The lowest BCUT2D eigenvalue weighted by Crippen LogP contribution is -2.34. The molecule has 0 spiro atoms. The third-order valence-corrected chi connectivity index (χ3v) is 7.17. The largest absolute Gasteiger partial charge is 0.331 e. The molecule has 0 saturated carbocycles. The van der Waals surface area contributed by atoms with Crippen LogP contribution in [0.15, 0.2) is 63.5 Å². The second-order valence-corrected chi connectivity index (χ2v) is 10.2. The van der Waals surface area contributed by atoms with E-state index in [4.69, 9.17) is 17.2 Å². The minimum atomic E-state index is -0.254. The second-order valence-electron chi connectivity index (χ2n) is 7.00. The van der Waals surface area contributed by atoms with E-state index in [2.05, 4.69) is 42.5 Å². The van der Waals surface area contributed by atoms with E-state index in [1.54, 1.807) is 17.4 Å². The first-order valence-electron chi connectivity index (χ1n) is 9.36. The van der Waals surface area contributed by atoms with E-state index >= 15 is 0 Å². The summed E-state index contributed by atoms with van der Waals surface area (Å²) >= 11 is 14.2. The maximum absolute atomic E-state index is 12.7. The number of benzene rings is 3. The minimum Gasteiger partial charge on any atom is -0.331 e. The number of rotatable bonds is 3. The lowest BCUT2D eigenvalue weighted by Gasteiger charge is -2.15. The Morgan fingerprint density at radius 2 is 1.81 bits per heavy atom. The number of nitrogens with zero attached hydrogens (tertiary/aromatic N) is 1. The molecule has 8 heteroatoms. The summed E-state index contributed by atoms with van der Waals surface area (Å²) in [4.78, 5) is 17.4. The molecule has 4 nitrogen and oxygen atoms in total. The number of thiocarbonyl (C=S) groups is 1. The normalized spacial score (nSPS) is 10.8. The lowest BCUT2D eigenvalue weighted by atomic mass is 10.1. The molecule has 1 amide bonds. The summed E-state index contributed by atoms with van der Waals surface area (Å²) in [5.41, 5.74) is 5.32. The van der Waals surface area contributed by atoms with Crippen molar-refractivity contribution in [3.05, 3.63) is 80.2 Å². The van der Waals surface area contributed by atoms with Crippen molar-refractivity contribution in [1.82, 2.24) is 10.3 Å². The van der Waals surface area contributed by atoms with Gasteiger partial charge in [0.25, 0.3) is 5.91 Å². The maximum Gasteiger partial charge on any atom is 0.257 e. The first-order valence-corrected chi connectivity index (χ1v) is 12.2. The predicted molar refractivity (Wildman–Crippen MR) is 140 cm³/mol. The molecule has 1 aromatic heterocycles. The summed E-state index contributed by atoms with van der Waals surface area (Å²) in [5.74, 6) is -0.254. The molecule has 0 aliphatic rings. The third-order valence-electron chi connectivity index (χ3n) is 4.81. The zero-order chi connectivity index (χ0) is 22.1. The fourth-order valence-corrected chi connectivity index (χ4v) is 5.57. The summed E-state index contributed by atoms with van der Waals surface area (Å²) < 4.78 is 2.81. The van der Waals surface area contributed by atoms with E-state index in [0.717, 1.165) is 46.5 Å². The van der Waals surface area contributed by atoms with Gasteiger partial charge < -0.3 is 5.32 Å². The minimum absolute atomic E-state index is 0.216. The van der Waals surface area contributed by atoms with Gasteiger partial charge in [0.05, 0.1) is 15.9 Å². The number of aromatic nitrogens is 1. The van der Waals surface area contributed by atoms with Crippen LogP contribution in [0.1, 0.15) is 21.5 Å². The summed E-state index contributed by atoms with van der Waals surface area (Å²) in [6.07, 6.45) is 0. The lowest BCUT2D eigenvalue weighted by molar-refractivity contribution is 0.0977. The number of thiazole rings is 1. The predicted octanol–water partition coefficient (Wildman–Crippen LogP) is 7.23. The van der Waals surface area contributed by atoms with Crippen LogP contribution in [-0.2, 0) is 0 Å². The van der Waals surface area contributed by atoms with Gasteiger partial charge in [0.2, 0.25) is 0 Å². The molecule has 0 radical (unpaired) electrons. The highest BCUT2D eigenvalue weighted by Gasteiger charge is 2.17. The number of anilines is 1. The van der Waals surface area contributed by atoms with Crippen molar-refractivity contribution in [2.75, 3.05) is 5.32 Å². The van der Waals surface area contributed by atoms with Crippen LogP contribution in [0, 0.1) is 13.8 Å². The molecule has 0 aliphatic heterocycles. The van der Waals surface area contributed by atoms with Gasteiger partial charge in [-0.05, 0) is 89.5 Å². The van der Waals surface area contributed by atoms with Gasteiger partial charge in [-0.3, -0.25) is 10.1 Å². The highest BCUT2D eigenvalue weighted by atomic mass is 79.9. The maximum atomic E-state index is 12.7. The first-order chi connectivity index (χ1) is 14.8. The highest BCUT2D eigenvalue weighted by molar-refractivity contribution is 9.11. The fraction of sp³-hybridized carbons (Fsp3) is 0.0870. The zero-order valence-corrected chi connectivity index (χ0v) is 21.4. The second kappa shape index (κ2) is 9.16. The number of hydrogen-bond donors (Lipinski definition) is 2. The van der Waals surface area contributed by atoms with Gasteiger partial charge in [-0.1, -0.05) is 34.1 Å². The van der Waals surface area contributed by atoms with Crippen LogP contribution < -0.4 is 10.6 Å². The van der Waals surface area contributed by atoms with Crippen LogP contribution in [0.2, 0.25) is 0 Å². The van der Waals surface area contributed by atoms with Crippen LogP contribution in [0.25, 0.3) is 20.8 Å². The molecule has 2 N–H and O–H groups in total. The SMILES string of the molecule is Cc1ccc(C(=O)NC(=S)Nc2c(Br)cc(Br)cc2-c2nc3ccccc3s2)cc1C. The van der Waals surface area contributed by atoms with Crippen molar-refractivity contribution in [2.45, 2.75) is 13.8 Å². The average Bonchev–Trinajstić information content (AvgIpc) is 3.16. The Labute approximate surface area is 206 Å². The molecular formula is C23H17Br2N3OS2. The van der Waals surface area contributed by atoms with E-state index in [1.807, 2.05) is 62.4 Å². The van der Waals surface area contributed by atoms with Gasteiger partial charge in [0, 0.05) is 20.1 Å². The van der Waals surface area contributed by atoms with Crippen LogP contribution in [0.3, 0.4) is 0 Å². The number of carbonyl (C=O) groups is 1. The molecule has 0 bridgehead atoms. The van der Waals surface area contributed by atoms with Gasteiger partial charge in [-0.25, -0.2) is 4.98 Å². The van der Waals surface area contributed by atoms with E-state index < -0.39 is 0 Å². The summed E-state index contributed by atoms with van der Waals surface area (Å²) in [6, 6.07) is 17.5. The van der Waals surface area contributed by atoms with E-state index in [1.165, 1.54) is 0 Å². The number of nitrogens with one attached hydrogen (secondary N) is 2. The van der Waals surface area contributed by atoms with Crippen LogP contribution in [0.5, 0.6) is 0 Å². The van der Waals surface area contributed by atoms with Crippen molar-refractivity contribution in [1.29, 1.82) is 0 Å². The number of aryl methyl sites for hydroxylation is 2. The Kier molecular flexibility index (Phi) is 6.52. The number of halogens is 2. The van der Waals surface area contributed by atoms with Crippen molar-refractivity contribution in [2.24, 2.45) is 0 Å². The summed E-state index contributed by atoms with van der Waals surface area (Å²) in [6.45, 7) is 3.99. The molecule has 31 heavy (non-hydrogen) atoms. The smallest absolute Gasteiger partial charge is 0.257 e. The summed E-state index contributed by atoms with van der Waals surface area (Å²) in [5, 5.41) is 7.02. The van der Waals surface area contributed by atoms with Crippen LogP contribution in [0.4, 0.5) is 5.69 Å². The first kappa shape index (κ1) is 22.1. The molecule has 0 aliphatic carbocycles. The number of para-hydroxylation sites is 1. The van der Waals surface area contributed by atoms with Crippen LogP contribution >= 0.6 is 55.4 Å². The van der Waals surface area contributed by atoms with Crippen molar-refractivity contribution < 1.29 is 4.79 Å². The quantitative estimate of drug-likeness (QED) is 0.253. The highest BCUT2D eigenvalue weighted by Crippen LogP contribution is 2.40. The van der Waals surface area contributed by atoms with E-state index in [9.17, 15) is 4.79 Å². The number of hydrogen-bond acceptors (Lipinski definition) is 4. The molecule has 0 saturated heterocycles. The Bertz CT molecular complexity index is 1300. The molecule has 4 aromatic rings. The number of carbonyl (C=O) groups excluding carboxylic acids is 1. The molecule has 1 heterocycles. The molecule has 0 atom stereocenters. The Morgan fingerprint density at radius 1 is 1.03 bits per heavy atom. The number of amides is 1. The van der Waals surface area contributed by atoms with E-state index in [0.29, 0.717) is 5.56 Å². The molecule has 3 aromatic carbocycles. The van der Waals surface area contributed by atoms with Gasteiger partial charge in [0.15, 0.2) is 5.11 Å². The average molecular weight is 575 g/mol. The van der Waals surface area contributed by atoms with Gasteiger partial charge in [0.1, 0.15) is 5.01 Å². The van der Waals surface area contributed by atoms with Gasteiger partial charge in [-0.15, -0.1) is 11.3 Å². The Morgan fingerprint density at radius 3 is 2.55 bits per heavy atom. The summed E-state index contributed by atoms with van der Waals surface area (Å²) in [7, 11) is 0. The topological polar surface area (TPSA) is 54.0 Å².